The number of pyridine rings is 1. The van der Waals surface area contributed by atoms with E-state index in [-0.39, 0.29) is 16.6 Å². The summed E-state index contributed by atoms with van der Waals surface area (Å²) >= 11 is 0. The fraction of sp³-hybridized carbons (Fsp3) is 0.125. The SMILES string of the molecule is CC(C)(c1ccccc1)c1cc(-c2nccc3c2-c2ccccc2C3(C)C)cc(-c2cccc3c2nc(-c2ccccc2O)n3-c2ccccc2)c1. The number of para-hydroxylation sites is 3. The van der Waals surface area contributed by atoms with Crippen LogP contribution in [0.5, 0.6) is 5.75 Å². The molecule has 4 heteroatoms. The van der Waals surface area contributed by atoms with Crippen molar-refractivity contribution in [2.45, 2.75) is 38.5 Å². The summed E-state index contributed by atoms with van der Waals surface area (Å²) in [6.07, 6.45) is 1.97. The molecule has 4 nitrogen and oxygen atoms in total. The largest absolute Gasteiger partial charge is 0.507 e. The zero-order valence-electron chi connectivity index (χ0n) is 29.8. The van der Waals surface area contributed by atoms with Gasteiger partial charge in [0.25, 0.3) is 0 Å². The van der Waals surface area contributed by atoms with Gasteiger partial charge in [-0.3, -0.25) is 9.55 Å². The molecular weight excluding hydrogens is 635 g/mol. The van der Waals surface area contributed by atoms with Gasteiger partial charge in [0.2, 0.25) is 0 Å². The molecule has 0 aliphatic heterocycles. The molecule has 52 heavy (non-hydrogen) atoms. The molecule has 0 amide bonds. The minimum absolute atomic E-state index is 0.136. The highest BCUT2D eigenvalue weighted by Gasteiger charge is 2.37. The van der Waals surface area contributed by atoms with Gasteiger partial charge < -0.3 is 5.11 Å². The van der Waals surface area contributed by atoms with Crippen LogP contribution < -0.4 is 0 Å². The van der Waals surface area contributed by atoms with Gasteiger partial charge in [-0.25, -0.2) is 4.98 Å². The summed E-state index contributed by atoms with van der Waals surface area (Å²) in [5, 5.41) is 11.1. The number of nitrogens with zero attached hydrogens (tertiary/aromatic N) is 3. The summed E-state index contributed by atoms with van der Waals surface area (Å²) in [5.74, 6) is 0.881. The predicted molar refractivity (Wildman–Crippen MR) is 213 cm³/mol. The van der Waals surface area contributed by atoms with Gasteiger partial charge in [-0.2, -0.15) is 0 Å². The Kier molecular flexibility index (Phi) is 7.27. The van der Waals surface area contributed by atoms with Gasteiger partial charge in [-0.1, -0.05) is 131 Å². The van der Waals surface area contributed by atoms with Crippen molar-refractivity contribution in [3.63, 3.8) is 0 Å². The van der Waals surface area contributed by atoms with Crippen LogP contribution in [-0.2, 0) is 10.8 Å². The molecule has 0 unspecified atom stereocenters. The Bertz CT molecular complexity index is 2630. The first kappa shape index (κ1) is 31.7. The molecule has 2 aromatic heterocycles. The summed E-state index contributed by atoms with van der Waals surface area (Å²) in [6.45, 7) is 9.22. The number of hydrogen-bond acceptors (Lipinski definition) is 3. The molecule has 8 aromatic rings. The summed E-state index contributed by atoms with van der Waals surface area (Å²) < 4.78 is 2.15. The molecular formula is C48H39N3O. The van der Waals surface area contributed by atoms with Crippen LogP contribution in [0.15, 0.2) is 158 Å². The summed E-state index contributed by atoms with van der Waals surface area (Å²) in [6, 6.07) is 52.7. The van der Waals surface area contributed by atoms with Crippen molar-refractivity contribution in [1.29, 1.82) is 0 Å². The molecule has 0 saturated carbocycles. The van der Waals surface area contributed by atoms with Crippen molar-refractivity contribution in [2.24, 2.45) is 0 Å². The second-order valence-corrected chi connectivity index (χ2v) is 14.8. The van der Waals surface area contributed by atoms with E-state index in [9.17, 15) is 5.11 Å². The van der Waals surface area contributed by atoms with E-state index in [0.717, 1.165) is 39.1 Å². The number of phenolic OH excluding ortho intramolecular Hbond substituents is 1. The zero-order chi connectivity index (χ0) is 35.6. The van der Waals surface area contributed by atoms with E-state index >= 15 is 0 Å². The molecule has 1 N–H and O–H groups in total. The standard InChI is InChI=1S/C48H39N3O/c1-47(2,33-16-7-5-8-17-33)34-29-31(28-32(30-34)44-43-37-20-11-13-23-39(37)48(3,4)40(43)26-27-49-44)36-22-15-24-41-45(36)50-46(38-21-12-14-25-42(38)52)51(41)35-18-9-6-10-19-35/h5-30,52H,1-4H3. The number of fused-ring (bicyclic) bond motifs is 4. The van der Waals surface area contributed by atoms with E-state index in [1.54, 1.807) is 6.07 Å². The quantitative estimate of drug-likeness (QED) is 0.191. The number of rotatable bonds is 6. The molecule has 252 valence electrons. The third-order valence-corrected chi connectivity index (χ3v) is 11.1. The highest BCUT2D eigenvalue weighted by molar-refractivity contribution is 5.98. The molecule has 2 heterocycles. The third-order valence-electron chi connectivity index (χ3n) is 11.1. The van der Waals surface area contributed by atoms with E-state index < -0.39 is 0 Å². The number of hydrogen-bond donors (Lipinski definition) is 1. The second-order valence-electron chi connectivity index (χ2n) is 14.8. The van der Waals surface area contributed by atoms with Gasteiger partial charge in [0.05, 0.1) is 22.3 Å². The minimum atomic E-state index is -0.306. The Balaban J connectivity index is 1.34. The molecule has 1 aliphatic rings. The Morgan fingerprint density at radius 3 is 2.02 bits per heavy atom. The molecule has 6 aromatic carbocycles. The fourth-order valence-corrected chi connectivity index (χ4v) is 8.18. The van der Waals surface area contributed by atoms with Crippen molar-refractivity contribution >= 4 is 11.0 Å². The predicted octanol–water partition coefficient (Wildman–Crippen LogP) is 11.8. The smallest absolute Gasteiger partial charge is 0.149 e. The van der Waals surface area contributed by atoms with E-state index in [1.165, 1.54) is 33.4 Å². The van der Waals surface area contributed by atoms with Crippen LogP contribution in [0.1, 0.15) is 49.9 Å². The van der Waals surface area contributed by atoms with E-state index in [4.69, 9.17) is 9.97 Å². The van der Waals surface area contributed by atoms with Crippen molar-refractivity contribution in [3.05, 3.63) is 180 Å². The minimum Gasteiger partial charge on any atom is -0.507 e. The zero-order valence-corrected chi connectivity index (χ0v) is 29.8. The van der Waals surface area contributed by atoms with Crippen molar-refractivity contribution in [1.82, 2.24) is 14.5 Å². The number of aromatic hydroxyl groups is 1. The lowest BCUT2D eigenvalue weighted by Gasteiger charge is -2.28. The average molecular weight is 674 g/mol. The fourth-order valence-electron chi connectivity index (χ4n) is 8.18. The average Bonchev–Trinajstić information content (AvgIpc) is 3.68. The first-order valence-corrected chi connectivity index (χ1v) is 17.9. The van der Waals surface area contributed by atoms with Crippen LogP contribution in [0.3, 0.4) is 0 Å². The highest BCUT2D eigenvalue weighted by atomic mass is 16.3. The number of benzene rings is 6. The first-order chi connectivity index (χ1) is 25.2. The van der Waals surface area contributed by atoms with Crippen molar-refractivity contribution in [2.75, 3.05) is 0 Å². The van der Waals surface area contributed by atoms with Crippen LogP contribution in [0.2, 0.25) is 0 Å². The normalized spacial score (nSPS) is 13.2. The van der Waals surface area contributed by atoms with Gasteiger partial charge in [0.15, 0.2) is 0 Å². The van der Waals surface area contributed by atoms with Crippen LogP contribution >= 0.6 is 0 Å². The summed E-state index contributed by atoms with van der Waals surface area (Å²) in [5.41, 5.74) is 14.7. The molecule has 1 aliphatic carbocycles. The van der Waals surface area contributed by atoms with E-state index in [1.807, 2.05) is 42.6 Å². The van der Waals surface area contributed by atoms with Gasteiger partial charge in [-0.05, 0) is 81.9 Å². The molecule has 0 saturated heterocycles. The van der Waals surface area contributed by atoms with Gasteiger partial charge in [0, 0.05) is 39.4 Å². The molecule has 0 atom stereocenters. The van der Waals surface area contributed by atoms with Crippen LogP contribution in [0, 0.1) is 0 Å². The maximum atomic E-state index is 11.1. The van der Waals surface area contributed by atoms with Crippen molar-refractivity contribution < 1.29 is 5.11 Å². The second kappa shape index (κ2) is 11.9. The number of phenols is 1. The summed E-state index contributed by atoms with van der Waals surface area (Å²) in [4.78, 5) is 10.5. The van der Waals surface area contributed by atoms with Crippen LogP contribution in [0.4, 0.5) is 0 Å². The molecule has 0 radical (unpaired) electrons. The highest BCUT2D eigenvalue weighted by Crippen LogP contribution is 2.52. The monoisotopic (exact) mass is 673 g/mol. The van der Waals surface area contributed by atoms with Crippen molar-refractivity contribution in [3.8, 4) is 56.3 Å². The molecule has 0 bridgehead atoms. The molecule has 0 spiro atoms. The lowest BCUT2D eigenvalue weighted by atomic mass is 9.76. The summed E-state index contributed by atoms with van der Waals surface area (Å²) in [7, 11) is 0. The lowest BCUT2D eigenvalue weighted by molar-refractivity contribution is 0.477. The molecule has 0 fully saturated rings. The van der Waals surface area contributed by atoms with E-state index in [0.29, 0.717) is 11.4 Å². The lowest BCUT2D eigenvalue weighted by Crippen LogP contribution is -2.19. The Morgan fingerprint density at radius 1 is 0.596 bits per heavy atom. The Labute approximate surface area is 304 Å². The van der Waals surface area contributed by atoms with Crippen LogP contribution in [-0.4, -0.2) is 19.6 Å². The maximum Gasteiger partial charge on any atom is 0.149 e. The topological polar surface area (TPSA) is 50.9 Å². The van der Waals surface area contributed by atoms with E-state index in [2.05, 4.69) is 141 Å². The van der Waals surface area contributed by atoms with Gasteiger partial charge in [-0.15, -0.1) is 0 Å². The number of aromatic nitrogens is 3. The number of imidazole rings is 1. The first-order valence-electron chi connectivity index (χ1n) is 17.9. The van der Waals surface area contributed by atoms with Gasteiger partial charge >= 0.3 is 0 Å². The van der Waals surface area contributed by atoms with Gasteiger partial charge in [0.1, 0.15) is 11.6 Å². The van der Waals surface area contributed by atoms with Crippen LogP contribution in [0.25, 0.3) is 61.6 Å². The molecule has 9 rings (SSSR count). The maximum absolute atomic E-state index is 11.1. The third kappa shape index (κ3) is 4.90. The Hall–Kier alpha value is -6.26. The Morgan fingerprint density at radius 2 is 1.25 bits per heavy atom.